The van der Waals surface area contributed by atoms with Crippen molar-refractivity contribution in [3.05, 3.63) is 60.7 Å². The third-order valence-corrected chi connectivity index (χ3v) is 4.93. The van der Waals surface area contributed by atoms with Crippen LogP contribution in [0.1, 0.15) is 12.8 Å². The smallest absolute Gasteiger partial charge is 0.0344 e. The van der Waals surface area contributed by atoms with Crippen molar-refractivity contribution >= 4 is 30.1 Å². The summed E-state index contributed by atoms with van der Waals surface area (Å²) in [5.41, 5.74) is 3.44. The van der Waals surface area contributed by atoms with E-state index >= 15 is 0 Å². The first-order valence-electron chi connectivity index (χ1n) is 6.36. The third kappa shape index (κ3) is 4.39. The van der Waals surface area contributed by atoms with Crippen LogP contribution in [0.25, 0.3) is 0 Å². The van der Waals surface area contributed by atoms with Gasteiger partial charge in [0.15, 0.2) is 0 Å². The van der Waals surface area contributed by atoms with Crippen LogP contribution in [0.4, 0.5) is 0 Å². The van der Waals surface area contributed by atoms with Crippen molar-refractivity contribution in [2.75, 3.05) is 5.88 Å². The number of hydrogen-bond acceptors (Lipinski definition) is 0. The maximum Gasteiger partial charge on any atom is 0.0344 e. The molecule has 2 heteroatoms. The Labute approximate surface area is 121 Å². The molecule has 0 amide bonds. The van der Waals surface area contributed by atoms with Gasteiger partial charge in [-0.2, -0.15) is 0 Å². The fraction of sp³-hybridized carbons (Fsp3) is 0.176. The van der Waals surface area contributed by atoms with Gasteiger partial charge >= 0.3 is 0 Å². The Bertz CT molecular complexity index is 500. The second-order valence-corrected chi connectivity index (χ2v) is 6.39. The number of alkyl halides is 1. The summed E-state index contributed by atoms with van der Waals surface area (Å²) < 4.78 is 0. The molecular weight excluding hydrogens is 271 g/mol. The molecule has 0 bridgehead atoms. The lowest BCUT2D eigenvalue weighted by Gasteiger charge is -2.11. The van der Waals surface area contributed by atoms with Crippen LogP contribution in [-0.2, 0) is 0 Å². The number of benzene rings is 2. The topological polar surface area (TPSA) is 0 Å². The van der Waals surface area contributed by atoms with Gasteiger partial charge < -0.3 is 0 Å². The predicted octanol–water partition coefficient (Wildman–Crippen LogP) is 4.10. The van der Waals surface area contributed by atoms with E-state index in [1.165, 1.54) is 10.6 Å². The molecule has 96 valence electrons. The van der Waals surface area contributed by atoms with Crippen LogP contribution in [-0.4, -0.2) is 5.88 Å². The normalized spacial score (nSPS) is 10.0. The van der Waals surface area contributed by atoms with Gasteiger partial charge in [0.1, 0.15) is 0 Å². The summed E-state index contributed by atoms with van der Waals surface area (Å²) in [5.74, 6) is 3.96. The van der Waals surface area contributed by atoms with E-state index in [0.29, 0.717) is 5.88 Å². The molecule has 2 rings (SSSR count). The average Bonchev–Trinajstić information content (AvgIpc) is 2.49. The van der Waals surface area contributed by atoms with Crippen LogP contribution in [0.2, 0.25) is 0 Å². The second kappa shape index (κ2) is 8.00. The Morgan fingerprint density at radius 3 is 1.84 bits per heavy atom. The van der Waals surface area contributed by atoms with E-state index in [1.54, 1.807) is 0 Å². The summed E-state index contributed by atoms with van der Waals surface area (Å²) in [7, 11) is -0.572. The first kappa shape index (κ1) is 14.1. The molecule has 0 N–H and O–H groups in total. The molecule has 19 heavy (non-hydrogen) atoms. The van der Waals surface area contributed by atoms with Gasteiger partial charge in [-0.25, -0.2) is 0 Å². The zero-order valence-corrected chi connectivity index (χ0v) is 12.4. The molecule has 0 fully saturated rings. The van der Waals surface area contributed by atoms with Crippen LogP contribution in [0.15, 0.2) is 60.7 Å². The van der Waals surface area contributed by atoms with Gasteiger partial charge in [0.2, 0.25) is 0 Å². The molecular formula is C17H16ClP. The summed E-state index contributed by atoms with van der Waals surface area (Å²) >= 11 is 5.69. The van der Waals surface area contributed by atoms with Gasteiger partial charge in [0.05, 0.1) is 0 Å². The van der Waals surface area contributed by atoms with Crippen LogP contribution in [0.5, 0.6) is 0 Å². The summed E-state index contributed by atoms with van der Waals surface area (Å²) in [4.78, 5) is 0. The van der Waals surface area contributed by atoms with E-state index in [9.17, 15) is 0 Å². The highest BCUT2D eigenvalue weighted by Crippen LogP contribution is 2.31. The molecule has 0 aliphatic rings. The van der Waals surface area contributed by atoms with Crippen molar-refractivity contribution in [1.82, 2.24) is 0 Å². The van der Waals surface area contributed by atoms with Gasteiger partial charge in [-0.1, -0.05) is 72.2 Å². The van der Waals surface area contributed by atoms with Crippen molar-refractivity contribution in [3.8, 4) is 11.6 Å². The fourth-order valence-electron chi connectivity index (χ4n) is 1.72. The number of rotatable bonds is 4. The number of halogens is 1. The molecule has 0 unspecified atom stereocenters. The van der Waals surface area contributed by atoms with Gasteiger partial charge in [-0.15, -0.1) is 11.6 Å². The minimum Gasteiger partial charge on any atom is -0.127 e. The zero-order chi connectivity index (χ0) is 13.3. The first-order valence-corrected chi connectivity index (χ1v) is 8.24. The van der Waals surface area contributed by atoms with Gasteiger partial charge in [-0.05, 0) is 17.0 Å². The quantitative estimate of drug-likeness (QED) is 0.344. The second-order valence-electron chi connectivity index (χ2n) is 4.09. The van der Waals surface area contributed by atoms with Crippen LogP contribution < -0.4 is 10.6 Å². The summed E-state index contributed by atoms with van der Waals surface area (Å²) in [5, 5.41) is 2.61. The molecule has 0 nitrogen and oxygen atoms in total. The SMILES string of the molecule is ClCCCC#CP(c1ccccc1)c1ccccc1. The standard InChI is InChI=1S/C17H16ClP/c18-14-8-3-9-15-19(16-10-4-1-5-11-16)17-12-6-2-7-13-17/h1-2,4-7,10-13H,3,8,14H2. The Hall–Kier alpha value is -1.28. The van der Waals surface area contributed by atoms with Gasteiger partial charge in [0, 0.05) is 20.2 Å². The molecule has 0 aromatic heterocycles. The number of hydrogen-bond donors (Lipinski definition) is 0. The Kier molecular flexibility index (Phi) is 5.96. The lowest BCUT2D eigenvalue weighted by atomic mass is 10.4. The summed E-state index contributed by atoms with van der Waals surface area (Å²) in [6.45, 7) is 0. The molecule has 0 aliphatic carbocycles. The average molecular weight is 287 g/mol. The van der Waals surface area contributed by atoms with Crippen molar-refractivity contribution in [2.45, 2.75) is 12.8 Å². The maximum absolute atomic E-state index is 5.69. The minimum absolute atomic E-state index is 0.572. The van der Waals surface area contributed by atoms with Crippen molar-refractivity contribution in [2.24, 2.45) is 0 Å². The molecule has 2 aromatic carbocycles. The van der Waals surface area contributed by atoms with E-state index < -0.39 is 7.92 Å². The molecule has 0 aliphatic heterocycles. The molecule has 0 saturated heterocycles. The first-order chi connectivity index (χ1) is 9.42. The van der Waals surface area contributed by atoms with Gasteiger partial charge in [-0.3, -0.25) is 0 Å². The summed E-state index contributed by atoms with van der Waals surface area (Å²) in [6.07, 6.45) is 1.84. The summed E-state index contributed by atoms with van der Waals surface area (Å²) in [6, 6.07) is 21.0. The highest BCUT2D eigenvalue weighted by atomic mass is 35.5. The molecule has 0 heterocycles. The zero-order valence-electron chi connectivity index (χ0n) is 10.7. The lowest BCUT2D eigenvalue weighted by Crippen LogP contribution is -2.09. The van der Waals surface area contributed by atoms with E-state index in [4.69, 9.17) is 11.6 Å². The predicted molar refractivity (Wildman–Crippen MR) is 86.8 cm³/mol. The van der Waals surface area contributed by atoms with Crippen LogP contribution >= 0.6 is 19.5 Å². The van der Waals surface area contributed by atoms with Gasteiger partial charge in [0.25, 0.3) is 0 Å². The van der Waals surface area contributed by atoms with Crippen LogP contribution in [0, 0.1) is 11.6 Å². The van der Waals surface area contributed by atoms with Crippen molar-refractivity contribution < 1.29 is 0 Å². The molecule has 0 radical (unpaired) electrons. The Balaban J connectivity index is 2.26. The highest BCUT2D eigenvalue weighted by Gasteiger charge is 2.09. The third-order valence-electron chi connectivity index (χ3n) is 2.66. The minimum atomic E-state index is -0.572. The van der Waals surface area contributed by atoms with Crippen molar-refractivity contribution in [3.63, 3.8) is 0 Å². The fourth-order valence-corrected chi connectivity index (χ4v) is 3.62. The Morgan fingerprint density at radius 2 is 1.37 bits per heavy atom. The van der Waals surface area contributed by atoms with E-state index in [1.807, 2.05) is 12.1 Å². The Morgan fingerprint density at radius 1 is 0.842 bits per heavy atom. The molecule has 0 saturated carbocycles. The van der Waals surface area contributed by atoms with E-state index in [0.717, 1.165) is 12.8 Å². The van der Waals surface area contributed by atoms with E-state index in [2.05, 4.69) is 60.1 Å². The molecule has 0 spiro atoms. The monoisotopic (exact) mass is 286 g/mol. The maximum atomic E-state index is 5.69. The molecule has 0 atom stereocenters. The number of unbranched alkanes of at least 4 members (excludes halogenated alkanes) is 1. The highest BCUT2D eigenvalue weighted by molar-refractivity contribution is 7.77. The molecule has 2 aromatic rings. The van der Waals surface area contributed by atoms with E-state index in [-0.39, 0.29) is 0 Å². The lowest BCUT2D eigenvalue weighted by molar-refractivity contribution is 0.992. The van der Waals surface area contributed by atoms with Crippen LogP contribution in [0.3, 0.4) is 0 Å². The largest absolute Gasteiger partial charge is 0.127 e. The van der Waals surface area contributed by atoms with Crippen molar-refractivity contribution in [1.29, 1.82) is 0 Å².